The van der Waals surface area contributed by atoms with Gasteiger partial charge in [0.05, 0.1) is 6.54 Å². The predicted octanol–water partition coefficient (Wildman–Crippen LogP) is 2.48. The van der Waals surface area contributed by atoms with E-state index in [1.54, 1.807) is 30.3 Å². The van der Waals surface area contributed by atoms with Crippen LogP contribution in [0.3, 0.4) is 0 Å². The van der Waals surface area contributed by atoms with Gasteiger partial charge in [0.15, 0.2) is 0 Å². The zero-order valence-electron chi connectivity index (χ0n) is 9.16. The van der Waals surface area contributed by atoms with Crippen LogP contribution in [-0.2, 0) is 0 Å². The number of hydrogen-bond donors (Lipinski definition) is 2. The van der Waals surface area contributed by atoms with Crippen LogP contribution in [0.4, 0.5) is 23.7 Å². The molecule has 1 aromatic rings. The summed E-state index contributed by atoms with van der Waals surface area (Å²) in [7, 11) is 0. The number of hydrogen-bond acceptors (Lipinski definition) is 2. The number of hydrazine groups is 1. The van der Waals surface area contributed by atoms with E-state index in [2.05, 4.69) is 5.32 Å². The average Bonchev–Trinajstić information content (AvgIpc) is 2.79. The summed E-state index contributed by atoms with van der Waals surface area (Å²) >= 11 is 0. The maximum atomic E-state index is 12.3. The van der Waals surface area contributed by atoms with Crippen LogP contribution in [0.15, 0.2) is 42.1 Å². The molecule has 0 unspecified atom stereocenters. The highest BCUT2D eigenvalue weighted by molar-refractivity contribution is 5.89. The van der Waals surface area contributed by atoms with Gasteiger partial charge in [0.25, 0.3) is 0 Å². The summed E-state index contributed by atoms with van der Waals surface area (Å²) in [5.74, 6) is 0. The maximum absolute atomic E-state index is 12.3. The second-order valence-corrected chi connectivity index (χ2v) is 3.63. The number of nitrogens with one attached hydrogen (secondary N) is 2. The van der Waals surface area contributed by atoms with Gasteiger partial charge >= 0.3 is 12.2 Å². The van der Waals surface area contributed by atoms with Gasteiger partial charge in [-0.15, -0.1) is 0 Å². The Morgan fingerprint density at radius 2 is 1.94 bits per heavy atom. The first kappa shape index (κ1) is 12.3. The third kappa shape index (κ3) is 2.73. The number of urea groups is 1. The maximum Gasteiger partial charge on any atom is 0.432 e. The van der Waals surface area contributed by atoms with Crippen molar-refractivity contribution in [2.45, 2.75) is 6.18 Å². The number of halogens is 3. The minimum atomic E-state index is -4.47. The van der Waals surface area contributed by atoms with Gasteiger partial charge in [0.2, 0.25) is 0 Å². The molecule has 2 rings (SSSR count). The molecule has 18 heavy (non-hydrogen) atoms. The van der Waals surface area contributed by atoms with Crippen molar-refractivity contribution in [1.29, 1.82) is 0 Å². The van der Waals surface area contributed by atoms with Crippen molar-refractivity contribution in [3.8, 4) is 0 Å². The summed E-state index contributed by atoms with van der Waals surface area (Å²) < 4.78 is 37.0. The summed E-state index contributed by atoms with van der Waals surface area (Å²) in [6.07, 6.45) is -3.55. The Labute approximate surface area is 101 Å². The van der Waals surface area contributed by atoms with Crippen molar-refractivity contribution in [2.24, 2.45) is 0 Å². The van der Waals surface area contributed by atoms with Crippen LogP contribution >= 0.6 is 0 Å². The predicted molar refractivity (Wildman–Crippen MR) is 59.4 cm³/mol. The van der Waals surface area contributed by atoms with Gasteiger partial charge in [-0.1, -0.05) is 18.2 Å². The van der Waals surface area contributed by atoms with E-state index in [9.17, 15) is 18.0 Å². The minimum absolute atomic E-state index is 0.131. The second kappa shape index (κ2) is 4.59. The van der Waals surface area contributed by atoms with E-state index in [1.807, 2.05) is 5.43 Å². The molecule has 2 amide bonds. The minimum Gasteiger partial charge on any atom is -0.306 e. The van der Waals surface area contributed by atoms with Gasteiger partial charge in [-0.3, -0.25) is 5.43 Å². The lowest BCUT2D eigenvalue weighted by Gasteiger charge is -2.19. The van der Waals surface area contributed by atoms with Crippen LogP contribution in [0.2, 0.25) is 0 Å². The third-order valence-corrected chi connectivity index (χ3v) is 2.31. The van der Waals surface area contributed by atoms with E-state index in [1.165, 1.54) is 0 Å². The van der Waals surface area contributed by atoms with Crippen molar-refractivity contribution < 1.29 is 18.0 Å². The lowest BCUT2D eigenvalue weighted by atomic mass is 10.3. The molecule has 0 aliphatic carbocycles. The first-order valence-corrected chi connectivity index (χ1v) is 5.14. The SMILES string of the molecule is O=C(Nc1ccccc1)N1CC=C(C(F)(F)F)N1. The largest absolute Gasteiger partial charge is 0.432 e. The summed E-state index contributed by atoms with van der Waals surface area (Å²) in [6, 6.07) is 7.85. The van der Waals surface area contributed by atoms with Gasteiger partial charge in [-0.2, -0.15) is 13.2 Å². The molecule has 0 aromatic heterocycles. The molecule has 1 heterocycles. The lowest BCUT2D eigenvalue weighted by molar-refractivity contribution is -0.0988. The van der Waals surface area contributed by atoms with Gasteiger partial charge in [-0.25, -0.2) is 9.80 Å². The molecule has 0 atom stereocenters. The lowest BCUT2D eigenvalue weighted by Crippen LogP contribution is -2.42. The smallest absolute Gasteiger partial charge is 0.306 e. The Morgan fingerprint density at radius 3 is 2.50 bits per heavy atom. The van der Waals surface area contributed by atoms with Crippen LogP contribution in [0.1, 0.15) is 0 Å². The van der Waals surface area contributed by atoms with Gasteiger partial charge in [0, 0.05) is 5.69 Å². The van der Waals surface area contributed by atoms with Gasteiger partial charge in [-0.05, 0) is 18.2 Å². The quantitative estimate of drug-likeness (QED) is 0.811. The van der Waals surface area contributed by atoms with Crippen molar-refractivity contribution in [1.82, 2.24) is 10.4 Å². The van der Waals surface area contributed by atoms with E-state index in [-0.39, 0.29) is 6.54 Å². The Kier molecular flexibility index (Phi) is 3.14. The molecular weight excluding hydrogens is 247 g/mol. The Hall–Kier alpha value is -2.18. The molecule has 0 radical (unpaired) electrons. The van der Waals surface area contributed by atoms with Crippen LogP contribution in [0.5, 0.6) is 0 Å². The molecule has 7 heteroatoms. The Balaban J connectivity index is 1.94. The molecule has 0 fully saturated rings. The Morgan fingerprint density at radius 1 is 1.28 bits per heavy atom. The number of nitrogens with zero attached hydrogens (tertiary/aromatic N) is 1. The molecule has 0 bridgehead atoms. The highest BCUT2D eigenvalue weighted by atomic mass is 19.4. The van der Waals surface area contributed by atoms with Crippen LogP contribution in [-0.4, -0.2) is 23.8 Å². The van der Waals surface area contributed by atoms with E-state index >= 15 is 0 Å². The van der Waals surface area contributed by atoms with Crippen molar-refractivity contribution in [3.05, 3.63) is 42.1 Å². The molecule has 1 aliphatic rings. The number of allylic oxidation sites excluding steroid dienone is 1. The standard InChI is InChI=1S/C11H10F3N3O/c12-11(13,14)9-6-7-17(16-9)10(18)15-8-4-2-1-3-5-8/h1-6,16H,7H2,(H,15,18). The number of alkyl halides is 3. The summed E-state index contributed by atoms with van der Waals surface area (Å²) in [5, 5.41) is 3.34. The fourth-order valence-corrected chi connectivity index (χ4v) is 1.44. The van der Waals surface area contributed by atoms with Gasteiger partial charge in [0.1, 0.15) is 5.70 Å². The first-order valence-electron chi connectivity index (χ1n) is 5.14. The molecule has 96 valence electrons. The summed E-state index contributed by atoms with van der Waals surface area (Å²) in [5.41, 5.74) is 1.60. The number of benzene rings is 1. The van der Waals surface area contributed by atoms with E-state index in [4.69, 9.17) is 0 Å². The van der Waals surface area contributed by atoms with Crippen molar-refractivity contribution in [3.63, 3.8) is 0 Å². The first-order chi connectivity index (χ1) is 8.47. The highest BCUT2D eigenvalue weighted by Gasteiger charge is 2.38. The van der Waals surface area contributed by atoms with Crippen LogP contribution < -0.4 is 10.7 Å². The zero-order chi connectivity index (χ0) is 13.2. The number of anilines is 1. The van der Waals surface area contributed by atoms with E-state index in [0.29, 0.717) is 5.69 Å². The molecule has 1 aliphatic heterocycles. The topological polar surface area (TPSA) is 44.4 Å². The molecule has 2 N–H and O–H groups in total. The summed E-state index contributed by atoms with van der Waals surface area (Å²) in [6.45, 7) is -0.131. The molecule has 4 nitrogen and oxygen atoms in total. The fourth-order valence-electron chi connectivity index (χ4n) is 1.44. The average molecular weight is 257 g/mol. The molecule has 1 aromatic carbocycles. The van der Waals surface area contributed by atoms with Gasteiger partial charge < -0.3 is 5.32 Å². The van der Waals surface area contributed by atoms with E-state index in [0.717, 1.165) is 11.1 Å². The van der Waals surface area contributed by atoms with E-state index < -0.39 is 17.9 Å². The number of amides is 2. The molecule has 0 spiro atoms. The molecular formula is C11H10F3N3O. The molecule has 0 saturated heterocycles. The monoisotopic (exact) mass is 257 g/mol. The number of carbonyl (C=O) groups excluding carboxylic acids is 1. The number of carbonyl (C=O) groups is 1. The van der Waals surface area contributed by atoms with Crippen LogP contribution in [0.25, 0.3) is 0 Å². The highest BCUT2D eigenvalue weighted by Crippen LogP contribution is 2.26. The number of para-hydroxylation sites is 1. The molecule has 0 saturated carbocycles. The number of rotatable bonds is 1. The third-order valence-electron chi connectivity index (χ3n) is 2.31. The zero-order valence-corrected chi connectivity index (χ0v) is 9.16. The Bertz CT molecular complexity index is 470. The normalized spacial score (nSPS) is 15.1. The summed E-state index contributed by atoms with van der Waals surface area (Å²) in [4.78, 5) is 11.6. The van der Waals surface area contributed by atoms with Crippen molar-refractivity contribution in [2.75, 3.05) is 11.9 Å². The van der Waals surface area contributed by atoms with Crippen molar-refractivity contribution >= 4 is 11.7 Å². The van der Waals surface area contributed by atoms with Crippen LogP contribution in [0, 0.1) is 0 Å². The second-order valence-electron chi connectivity index (χ2n) is 3.63. The fraction of sp³-hybridized carbons (Fsp3) is 0.182.